The number of nitrogen functional groups attached to an aromatic ring is 1. The molecule has 0 aliphatic rings. The standard InChI is InChI=1S/C14H15N3O3/c1-19-14-7-4-11(8-16-14)17-13(18)9-20-12-5-2-10(15)3-6-12/h2-8H,9,15H2,1H3,(H,17,18). The highest BCUT2D eigenvalue weighted by atomic mass is 16.5. The average Bonchev–Trinajstić information content (AvgIpc) is 2.47. The van der Waals surface area contributed by atoms with Crippen LogP contribution in [0.2, 0.25) is 0 Å². The summed E-state index contributed by atoms with van der Waals surface area (Å²) in [7, 11) is 1.53. The van der Waals surface area contributed by atoms with E-state index < -0.39 is 0 Å². The Morgan fingerprint density at radius 2 is 2.00 bits per heavy atom. The maximum absolute atomic E-state index is 11.7. The molecule has 2 rings (SSSR count). The molecule has 0 fully saturated rings. The molecule has 0 saturated heterocycles. The first kappa shape index (κ1) is 13.7. The lowest BCUT2D eigenvalue weighted by Gasteiger charge is -2.07. The summed E-state index contributed by atoms with van der Waals surface area (Å²) in [5, 5.41) is 2.67. The van der Waals surface area contributed by atoms with Crippen LogP contribution in [0, 0.1) is 0 Å². The number of aromatic nitrogens is 1. The van der Waals surface area contributed by atoms with Gasteiger partial charge in [-0.15, -0.1) is 0 Å². The third-order valence-electron chi connectivity index (χ3n) is 2.48. The molecule has 0 aliphatic heterocycles. The number of amides is 1. The Morgan fingerprint density at radius 3 is 2.60 bits per heavy atom. The van der Waals surface area contributed by atoms with Gasteiger partial charge >= 0.3 is 0 Å². The number of nitrogens with two attached hydrogens (primary N) is 1. The zero-order chi connectivity index (χ0) is 14.4. The highest BCUT2D eigenvalue weighted by molar-refractivity contribution is 5.91. The molecule has 104 valence electrons. The molecule has 0 radical (unpaired) electrons. The maximum Gasteiger partial charge on any atom is 0.262 e. The molecule has 0 unspecified atom stereocenters. The number of hydrogen-bond acceptors (Lipinski definition) is 5. The number of carbonyl (C=O) groups excluding carboxylic acids is 1. The van der Waals surface area contributed by atoms with Gasteiger partial charge in [-0.05, 0) is 30.3 Å². The van der Waals surface area contributed by atoms with E-state index >= 15 is 0 Å². The average molecular weight is 273 g/mol. The summed E-state index contributed by atoms with van der Waals surface area (Å²) in [6.45, 7) is -0.0874. The summed E-state index contributed by atoms with van der Waals surface area (Å²) < 4.78 is 10.3. The molecule has 1 heterocycles. The maximum atomic E-state index is 11.7. The minimum atomic E-state index is -0.270. The van der Waals surface area contributed by atoms with E-state index in [0.717, 1.165) is 0 Å². The van der Waals surface area contributed by atoms with Crippen molar-refractivity contribution in [3.63, 3.8) is 0 Å². The van der Waals surface area contributed by atoms with Gasteiger partial charge in [-0.2, -0.15) is 0 Å². The first-order chi connectivity index (χ1) is 9.67. The summed E-state index contributed by atoms with van der Waals surface area (Å²) in [5.41, 5.74) is 6.78. The molecule has 0 bridgehead atoms. The van der Waals surface area contributed by atoms with Gasteiger partial charge in [0.15, 0.2) is 6.61 Å². The van der Waals surface area contributed by atoms with Crippen molar-refractivity contribution in [2.75, 3.05) is 24.8 Å². The van der Waals surface area contributed by atoms with E-state index in [1.807, 2.05) is 0 Å². The zero-order valence-corrected chi connectivity index (χ0v) is 11.0. The highest BCUT2D eigenvalue weighted by Gasteiger charge is 2.04. The smallest absolute Gasteiger partial charge is 0.262 e. The van der Waals surface area contributed by atoms with Crippen molar-refractivity contribution >= 4 is 17.3 Å². The molecule has 1 aromatic heterocycles. The number of benzene rings is 1. The van der Waals surface area contributed by atoms with E-state index in [0.29, 0.717) is 23.0 Å². The van der Waals surface area contributed by atoms with Gasteiger partial charge in [-0.3, -0.25) is 4.79 Å². The van der Waals surface area contributed by atoms with Crippen LogP contribution >= 0.6 is 0 Å². The largest absolute Gasteiger partial charge is 0.484 e. The Kier molecular flexibility index (Phi) is 4.39. The van der Waals surface area contributed by atoms with Crippen LogP contribution in [-0.2, 0) is 4.79 Å². The van der Waals surface area contributed by atoms with Crippen LogP contribution in [-0.4, -0.2) is 24.6 Å². The van der Waals surface area contributed by atoms with E-state index in [-0.39, 0.29) is 12.5 Å². The number of methoxy groups -OCH3 is 1. The lowest BCUT2D eigenvalue weighted by molar-refractivity contribution is -0.118. The number of anilines is 2. The minimum absolute atomic E-state index is 0.0874. The lowest BCUT2D eigenvalue weighted by Crippen LogP contribution is -2.20. The number of hydrogen-bond donors (Lipinski definition) is 2. The molecule has 0 spiro atoms. The second-order valence-electron chi connectivity index (χ2n) is 4.00. The summed E-state index contributed by atoms with van der Waals surface area (Å²) >= 11 is 0. The van der Waals surface area contributed by atoms with Crippen LogP contribution in [0.15, 0.2) is 42.6 Å². The van der Waals surface area contributed by atoms with Crippen LogP contribution in [0.3, 0.4) is 0 Å². The molecule has 0 aliphatic carbocycles. The lowest BCUT2D eigenvalue weighted by atomic mass is 10.3. The quantitative estimate of drug-likeness (QED) is 0.809. The predicted octanol–water partition coefficient (Wildman–Crippen LogP) is 1.69. The Morgan fingerprint density at radius 1 is 1.25 bits per heavy atom. The number of carbonyl (C=O) groups is 1. The Balaban J connectivity index is 1.84. The topological polar surface area (TPSA) is 86.5 Å². The second-order valence-corrected chi connectivity index (χ2v) is 4.00. The van der Waals surface area contributed by atoms with Crippen molar-refractivity contribution in [3.8, 4) is 11.6 Å². The van der Waals surface area contributed by atoms with Crippen LogP contribution in [0.1, 0.15) is 0 Å². The highest BCUT2D eigenvalue weighted by Crippen LogP contribution is 2.13. The van der Waals surface area contributed by atoms with E-state index in [2.05, 4.69) is 10.3 Å². The summed E-state index contributed by atoms with van der Waals surface area (Å²) in [6, 6.07) is 10.2. The van der Waals surface area contributed by atoms with Gasteiger partial charge in [-0.25, -0.2) is 4.98 Å². The van der Waals surface area contributed by atoms with E-state index in [1.54, 1.807) is 36.4 Å². The third kappa shape index (κ3) is 3.88. The molecule has 0 saturated carbocycles. The van der Waals surface area contributed by atoms with Gasteiger partial charge in [0.2, 0.25) is 5.88 Å². The molecular weight excluding hydrogens is 258 g/mol. The van der Waals surface area contributed by atoms with E-state index in [4.69, 9.17) is 15.2 Å². The van der Waals surface area contributed by atoms with Crippen molar-refractivity contribution < 1.29 is 14.3 Å². The van der Waals surface area contributed by atoms with Crippen molar-refractivity contribution in [1.82, 2.24) is 4.98 Å². The molecule has 1 aromatic carbocycles. The van der Waals surface area contributed by atoms with Gasteiger partial charge in [0.1, 0.15) is 5.75 Å². The van der Waals surface area contributed by atoms with Gasteiger partial charge in [0.25, 0.3) is 5.91 Å². The number of rotatable bonds is 5. The van der Waals surface area contributed by atoms with Crippen molar-refractivity contribution in [2.45, 2.75) is 0 Å². The zero-order valence-electron chi connectivity index (χ0n) is 11.0. The summed E-state index contributed by atoms with van der Waals surface area (Å²) in [4.78, 5) is 15.7. The molecule has 1 amide bonds. The van der Waals surface area contributed by atoms with Gasteiger partial charge in [0.05, 0.1) is 19.0 Å². The van der Waals surface area contributed by atoms with Gasteiger partial charge in [-0.1, -0.05) is 0 Å². The monoisotopic (exact) mass is 273 g/mol. The van der Waals surface area contributed by atoms with Crippen LogP contribution in [0.4, 0.5) is 11.4 Å². The fraction of sp³-hybridized carbons (Fsp3) is 0.143. The van der Waals surface area contributed by atoms with E-state index in [9.17, 15) is 4.79 Å². The van der Waals surface area contributed by atoms with Crippen LogP contribution < -0.4 is 20.5 Å². The third-order valence-corrected chi connectivity index (χ3v) is 2.48. The Hall–Kier alpha value is -2.76. The number of ether oxygens (including phenoxy) is 2. The van der Waals surface area contributed by atoms with Crippen LogP contribution in [0.5, 0.6) is 11.6 Å². The number of nitrogens with one attached hydrogen (secondary N) is 1. The second kappa shape index (κ2) is 6.42. The molecule has 6 heteroatoms. The first-order valence-corrected chi connectivity index (χ1v) is 5.95. The van der Waals surface area contributed by atoms with E-state index in [1.165, 1.54) is 13.3 Å². The predicted molar refractivity (Wildman–Crippen MR) is 75.8 cm³/mol. The normalized spacial score (nSPS) is 9.85. The van der Waals surface area contributed by atoms with Crippen molar-refractivity contribution in [1.29, 1.82) is 0 Å². The molecule has 20 heavy (non-hydrogen) atoms. The van der Waals surface area contributed by atoms with Crippen molar-refractivity contribution in [2.24, 2.45) is 0 Å². The summed E-state index contributed by atoms with van der Waals surface area (Å²) in [5.74, 6) is 0.803. The minimum Gasteiger partial charge on any atom is -0.484 e. The van der Waals surface area contributed by atoms with Gasteiger partial charge < -0.3 is 20.5 Å². The summed E-state index contributed by atoms with van der Waals surface area (Å²) in [6.07, 6.45) is 1.51. The Labute approximate surface area is 116 Å². The number of nitrogens with zero attached hydrogens (tertiary/aromatic N) is 1. The fourth-order valence-electron chi connectivity index (χ4n) is 1.48. The molecule has 0 atom stereocenters. The molecular formula is C14H15N3O3. The van der Waals surface area contributed by atoms with Crippen LogP contribution in [0.25, 0.3) is 0 Å². The first-order valence-electron chi connectivity index (χ1n) is 5.95. The fourth-order valence-corrected chi connectivity index (χ4v) is 1.48. The van der Waals surface area contributed by atoms with Crippen molar-refractivity contribution in [3.05, 3.63) is 42.6 Å². The number of pyridine rings is 1. The molecule has 2 aromatic rings. The SMILES string of the molecule is COc1ccc(NC(=O)COc2ccc(N)cc2)cn1. The molecule has 6 nitrogen and oxygen atoms in total. The van der Waals surface area contributed by atoms with Gasteiger partial charge in [0, 0.05) is 11.8 Å². The molecule has 3 N–H and O–H groups in total. The Bertz CT molecular complexity index is 567.